The lowest BCUT2D eigenvalue weighted by atomic mass is 10.1. The van der Waals surface area contributed by atoms with E-state index in [1.54, 1.807) is 0 Å². The molecule has 0 saturated heterocycles. The molecule has 13 rings (SSSR count). The smallest absolute Gasteiger partial charge is 0.181 e. The van der Waals surface area contributed by atoms with Gasteiger partial charge >= 0.3 is 0 Å². The van der Waals surface area contributed by atoms with Gasteiger partial charge in [-0.1, -0.05) is 188 Å². The van der Waals surface area contributed by atoms with Crippen LogP contribution in [0.25, 0.3) is 82.5 Å². The van der Waals surface area contributed by atoms with Gasteiger partial charge in [0, 0.05) is 49.4 Å². The number of nitrogens with zero attached hydrogens (tertiary/aromatic N) is 3. The molecule has 0 atom stereocenters. The highest BCUT2D eigenvalue weighted by atomic mass is 28.3. The van der Waals surface area contributed by atoms with E-state index >= 15 is 0 Å². The second-order valence-corrected chi connectivity index (χ2v) is 20.6. The van der Waals surface area contributed by atoms with Crippen molar-refractivity contribution in [2.24, 2.45) is 0 Å². The molecule has 0 unspecified atom stereocenters. The van der Waals surface area contributed by atoms with Crippen molar-refractivity contribution in [3.05, 3.63) is 249 Å². The van der Waals surface area contributed by atoms with Gasteiger partial charge in [0.1, 0.15) is 0 Å². The van der Waals surface area contributed by atoms with Crippen LogP contribution in [0.15, 0.2) is 249 Å². The Kier molecular flexibility index (Phi) is 8.23. The zero-order valence-electron chi connectivity index (χ0n) is 35.0. The van der Waals surface area contributed by atoms with Crippen LogP contribution in [-0.2, 0) is 0 Å². The normalized spacial score (nSPS) is 12.1. The Morgan fingerprint density at radius 2 is 0.594 bits per heavy atom. The molecule has 0 bridgehead atoms. The minimum absolute atomic E-state index is 1.12. The van der Waals surface area contributed by atoms with E-state index in [-0.39, 0.29) is 0 Å². The fourth-order valence-corrected chi connectivity index (χ4v) is 15.9. The molecule has 4 heteroatoms. The highest BCUT2D eigenvalue weighted by Crippen LogP contribution is 2.39. The highest BCUT2D eigenvalue weighted by Gasteiger charge is 2.44. The minimum atomic E-state index is -3.08. The summed E-state index contributed by atoms with van der Waals surface area (Å²) in [5.74, 6) is 0. The number of rotatable bonds is 7. The third kappa shape index (κ3) is 5.27. The van der Waals surface area contributed by atoms with E-state index in [1.807, 2.05) is 0 Å². The maximum atomic E-state index is 2.59. The molecule has 0 fully saturated rings. The first-order valence-corrected chi connectivity index (χ1v) is 24.1. The Labute approximate surface area is 372 Å². The van der Waals surface area contributed by atoms with Crippen LogP contribution in [0.1, 0.15) is 0 Å². The van der Waals surface area contributed by atoms with E-state index in [0.717, 1.165) is 11.4 Å². The molecule has 0 N–H and O–H groups in total. The van der Waals surface area contributed by atoms with Crippen molar-refractivity contribution in [1.29, 1.82) is 0 Å². The van der Waals surface area contributed by atoms with Crippen molar-refractivity contribution in [3.8, 4) is 17.1 Å². The summed E-state index contributed by atoms with van der Waals surface area (Å²) in [5, 5.41) is 12.8. The average Bonchev–Trinajstić information content (AvgIpc) is 4.00. The Hall–Kier alpha value is -8.18. The van der Waals surface area contributed by atoms with Gasteiger partial charge in [-0.15, -0.1) is 0 Å². The Morgan fingerprint density at radius 3 is 1.08 bits per heavy atom. The van der Waals surface area contributed by atoms with Crippen molar-refractivity contribution < 1.29 is 0 Å². The first-order chi connectivity index (χ1) is 31.8. The van der Waals surface area contributed by atoms with Gasteiger partial charge in [0.2, 0.25) is 0 Å². The van der Waals surface area contributed by atoms with E-state index in [9.17, 15) is 0 Å². The highest BCUT2D eigenvalue weighted by molar-refractivity contribution is 7.20. The molecule has 0 aliphatic heterocycles. The van der Waals surface area contributed by atoms with Crippen molar-refractivity contribution in [2.45, 2.75) is 0 Å². The summed E-state index contributed by atoms with van der Waals surface area (Å²) in [6, 6.07) is 92.6. The Morgan fingerprint density at radius 1 is 0.234 bits per heavy atom. The second-order valence-electron chi connectivity index (χ2n) is 16.8. The number of benzene rings is 10. The van der Waals surface area contributed by atoms with E-state index in [1.165, 1.54) is 91.9 Å². The average molecular weight is 832 g/mol. The van der Waals surface area contributed by atoms with Crippen LogP contribution in [0.2, 0.25) is 0 Å². The maximum absolute atomic E-state index is 3.08. The van der Waals surface area contributed by atoms with Crippen molar-refractivity contribution in [1.82, 2.24) is 13.7 Å². The van der Waals surface area contributed by atoms with Crippen molar-refractivity contribution in [3.63, 3.8) is 0 Å². The Balaban J connectivity index is 1.22. The third-order valence-corrected chi connectivity index (χ3v) is 18.4. The topological polar surface area (TPSA) is 14.8 Å². The molecular weight excluding hydrogens is 791 g/mol. The monoisotopic (exact) mass is 831 g/mol. The largest absolute Gasteiger partial charge is 0.309 e. The molecule has 0 aliphatic carbocycles. The molecule has 3 heterocycles. The molecule has 13 aromatic rings. The van der Waals surface area contributed by atoms with Gasteiger partial charge in [-0.2, -0.15) is 0 Å². The van der Waals surface area contributed by atoms with E-state index in [2.05, 4.69) is 262 Å². The van der Waals surface area contributed by atoms with E-state index in [4.69, 9.17) is 0 Å². The summed E-state index contributed by atoms with van der Waals surface area (Å²) in [6.45, 7) is 0. The first-order valence-electron chi connectivity index (χ1n) is 22.1. The predicted molar refractivity (Wildman–Crippen MR) is 273 cm³/mol. The number of fused-ring (bicyclic) bond motifs is 9. The zero-order chi connectivity index (χ0) is 42.2. The van der Waals surface area contributed by atoms with Crippen LogP contribution < -0.4 is 20.7 Å². The van der Waals surface area contributed by atoms with Gasteiger partial charge in [0.25, 0.3) is 0 Å². The molecule has 0 spiro atoms. The summed E-state index contributed by atoms with van der Waals surface area (Å²) < 4.78 is 7.49. The quantitative estimate of drug-likeness (QED) is 0.112. The van der Waals surface area contributed by atoms with Crippen LogP contribution >= 0.6 is 0 Å². The van der Waals surface area contributed by atoms with Crippen LogP contribution in [0, 0.1) is 0 Å². The van der Waals surface area contributed by atoms with E-state index < -0.39 is 8.07 Å². The fourth-order valence-electron chi connectivity index (χ4n) is 10.9. The van der Waals surface area contributed by atoms with Crippen LogP contribution in [0.4, 0.5) is 0 Å². The standard InChI is InChI=1S/C60H41N3Si/c1-5-21-42(22-6-1)61-53-33-17-13-31-49(53)51-38-37-43(39-57(51)61)62-54-34-18-16-32-50(54)52-40-60(59(41-58(52)62)63-55-35-19-14-29-47(55)48-30-15-20-36-56(48)63)64(44-23-7-2-8-24-44,45-25-9-3-10-26-45)46-27-11-4-12-28-46/h1-41H. The molecule has 0 aliphatic rings. The summed E-state index contributed by atoms with van der Waals surface area (Å²) in [4.78, 5) is 0. The SMILES string of the molecule is c1ccc(-n2c3ccccc3c3ccc(-n4c5ccccc5c5cc([Si](c6ccccc6)(c6ccccc6)c6ccccc6)c(-n6c7ccccc7c7ccccc76)cc54)cc32)cc1. The zero-order valence-corrected chi connectivity index (χ0v) is 36.0. The summed E-state index contributed by atoms with van der Waals surface area (Å²) in [6.07, 6.45) is 0. The Bertz CT molecular complexity index is 3730. The number of para-hydroxylation sites is 5. The number of aromatic nitrogens is 3. The first kappa shape index (κ1) is 36.5. The molecular formula is C60H41N3Si. The molecule has 300 valence electrons. The van der Waals surface area contributed by atoms with Crippen molar-refractivity contribution in [2.75, 3.05) is 0 Å². The molecule has 3 aromatic heterocycles. The summed E-state index contributed by atoms with van der Waals surface area (Å²) >= 11 is 0. The molecule has 0 radical (unpaired) electrons. The minimum Gasteiger partial charge on any atom is -0.309 e. The molecule has 3 nitrogen and oxygen atoms in total. The van der Waals surface area contributed by atoms with Crippen LogP contribution in [-0.4, -0.2) is 21.8 Å². The lowest BCUT2D eigenvalue weighted by Gasteiger charge is -2.36. The molecule has 0 amide bonds. The van der Waals surface area contributed by atoms with Gasteiger partial charge in [0.05, 0.1) is 33.1 Å². The number of hydrogen-bond donors (Lipinski definition) is 0. The lowest BCUT2D eigenvalue weighted by molar-refractivity contribution is 1.15. The second kappa shape index (κ2) is 14.5. The van der Waals surface area contributed by atoms with Crippen LogP contribution in [0.3, 0.4) is 0 Å². The van der Waals surface area contributed by atoms with Gasteiger partial charge < -0.3 is 13.7 Å². The van der Waals surface area contributed by atoms with Crippen molar-refractivity contribution >= 4 is 94.2 Å². The summed E-state index contributed by atoms with van der Waals surface area (Å²) in [7, 11) is -3.08. The van der Waals surface area contributed by atoms with Gasteiger partial charge in [-0.25, -0.2) is 0 Å². The van der Waals surface area contributed by atoms with E-state index in [0.29, 0.717) is 0 Å². The molecule has 10 aromatic carbocycles. The number of hydrogen-bond acceptors (Lipinski definition) is 0. The lowest BCUT2D eigenvalue weighted by Crippen LogP contribution is -2.75. The molecule has 64 heavy (non-hydrogen) atoms. The fraction of sp³-hybridized carbons (Fsp3) is 0. The molecule has 0 saturated carbocycles. The van der Waals surface area contributed by atoms with Gasteiger partial charge in [-0.3, -0.25) is 0 Å². The third-order valence-electron chi connectivity index (χ3n) is 13.6. The summed E-state index contributed by atoms with van der Waals surface area (Å²) in [5.41, 5.74) is 10.6. The van der Waals surface area contributed by atoms with Gasteiger partial charge in [0.15, 0.2) is 8.07 Å². The van der Waals surface area contributed by atoms with Gasteiger partial charge in [-0.05, 0) is 81.4 Å². The maximum Gasteiger partial charge on any atom is 0.181 e. The van der Waals surface area contributed by atoms with Crippen LogP contribution in [0.5, 0.6) is 0 Å². The predicted octanol–water partition coefficient (Wildman–Crippen LogP) is 12.4.